The number of ether oxygens (including phenoxy) is 1. The van der Waals surface area contributed by atoms with Gasteiger partial charge in [0, 0.05) is 12.0 Å². The van der Waals surface area contributed by atoms with Gasteiger partial charge in [0.05, 0.1) is 6.10 Å². The van der Waals surface area contributed by atoms with Gasteiger partial charge in [0.25, 0.3) is 0 Å². The molecule has 0 aromatic carbocycles. The Morgan fingerprint density at radius 2 is 2.31 bits per heavy atom. The van der Waals surface area contributed by atoms with Crippen molar-refractivity contribution in [1.82, 2.24) is 0 Å². The highest BCUT2D eigenvalue weighted by molar-refractivity contribution is 6.20. The Morgan fingerprint density at radius 1 is 1.54 bits per heavy atom. The van der Waals surface area contributed by atoms with E-state index in [2.05, 4.69) is 13.8 Å². The first-order valence-electron chi connectivity index (χ1n) is 5.49. The highest BCUT2D eigenvalue weighted by atomic mass is 35.5. The number of halogens is 1. The van der Waals surface area contributed by atoms with Gasteiger partial charge < -0.3 is 4.74 Å². The highest BCUT2D eigenvalue weighted by Gasteiger charge is 2.18. The van der Waals surface area contributed by atoms with Gasteiger partial charge in [-0.3, -0.25) is 0 Å². The van der Waals surface area contributed by atoms with Crippen LogP contribution >= 0.6 is 11.6 Å². The fourth-order valence-corrected chi connectivity index (χ4v) is 2.03. The van der Waals surface area contributed by atoms with Crippen LogP contribution in [0.25, 0.3) is 0 Å². The first-order chi connectivity index (χ1) is 6.24. The highest BCUT2D eigenvalue weighted by Crippen LogP contribution is 2.23. The van der Waals surface area contributed by atoms with E-state index in [0.717, 1.165) is 13.0 Å². The second-order valence-corrected chi connectivity index (χ2v) is 4.67. The van der Waals surface area contributed by atoms with Crippen LogP contribution in [0.4, 0.5) is 0 Å². The molecule has 1 saturated heterocycles. The summed E-state index contributed by atoms with van der Waals surface area (Å²) in [6, 6.07) is 0. The lowest BCUT2D eigenvalue weighted by molar-refractivity contribution is 0.0985. The summed E-state index contributed by atoms with van der Waals surface area (Å²) < 4.78 is 5.57. The van der Waals surface area contributed by atoms with Gasteiger partial charge in [0.15, 0.2) is 0 Å². The monoisotopic (exact) mass is 204 g/mol. The van der Waals surface area contributed by atoms with Crippen molar-refractivity contribution in [2.75, 3.05) is 6.61 Å². The summed E-state index contributed by atoms with van der Waals surface area (Å²) in [4.78, 5) is 0. The van der Waals surface area contributed by atoms with Crippen molar-refractivity contribution in [3.63, 3.8) is 0 Å². The van der Waals surface area contributed by atoms with Crippen LogP contribution in [0.15, 0.2) is 0 Å². The van der Waals surface area contributed by atoms with Gasteiger partial charge in [-0.05, 0) is 38.0 Å². The normalized spacial score (nSPS) is 27.5. The van der Waals surface area contributed by atoms with Crippen LogP contribution in [0.5, 0.6) is 0 Å². The minimum Gasteiger partial charge on any atom is -0.378 e. The van der Waals surface area contributed by atoms with E-state index in [1.54, 1.807) is 0 Å². The molecule has 78 valence electrons. The lowest BCUT2D eigenvalue weighted by atomic mass is 9.97. The van der Waals surface area contributed by atoms with Crippen molar-refractivity contribution in [3.05, 3.63) is 0 Å². The van der Waals surface area contributed by atoms with Gasteiger partial charge in [-0.25, -0.2) is 0 Å². The van der Waals surface area contributed by atoms with Crippen LogP contribution in [-0.4, -0.2) is 18.1 Å². The van der Waals surface area contributed by atoms with Crippen LogP contribution in [0.1, 0.15) is 46.0 Å². The Balaban J connectivity index is 2.10. The molecule has 0 aromatic heterocycles. The lowest BCUT2D eigenvalue weighted by Crippen LogP contribution is -2.14. The SMILES string of the molecule is CCC(Cl)C(C)CCC1CCCO1. The lowest BCUT2D eigenvalue weighted by Gasteiger charge is -2.18. The predicted molar refractivity (Wildman–Crippen MR) is 57.3 cm³/mol. The smallest absolute Gasteiger partial charge is 0.0576 e. The quantitative estimate of drug-likeness (QED) is 0.622. The van der Waals surface area contributed by atoms with Gasteiger partial charge in [-0.2, -0.15) is 0 Å². The molecule has 0 aliphatic carbocycles. The average Bonchev–Trinajstić information content (AvgIpc) is 2.65. The summed E-state index contributed by atoms with van der Waals surface area (Å²) in [5.74, 6) is 0.635. The molecule has 0 saturated carbocycles. The molecule has 3 unspecified atom stereocenters. The average molecular weight is 205 g/mol. The largest absolute Gasteiger partial charge is 0.378 e. The van der Waals surface area contributed by atoms with E-state index in [1.165, 1.54) is 25.7 Å². The Labute approximate surface area is 86.8 Å². The Kier molecular flexibility index (Phi) is 5.12. The van der Waals surface area contributed by atoms with E-state index in [9.17, 15) is 0 Å². The minimum atomic E-state index is 0.349. The molecule has 1 rings (SSSR count). The molecule has 1 aliphatic rings. The molecule has 1 fully saturated rings. The van der Waals surface area contributed by atoms with Crippen LogP contribution in [0.3, 0.4) is 0 Å². The second kappa shape index (κ2) is 5.87. The van der Waals surface area contributed by atoms with Crippen LogP contribution in [-0.2, 0) is 4.74 Å². The van der Waals surface area contributed by atoms with E-state index in [1.807, 2.05) is 0 Å². The fraction of sp³-hybridized carbons (Fsp3) is 1.00. The summed E-state index contributed by atoms with van der Waals surface area (Å²) in [6.45, 7) is 5.37. The predicted octanol–water partition coefficient (Wildman–Crippen LogP) is 3.60. The molecule has 0 N–H and O–H groups in total. The minimum absolute atomic E-state index is 0.349. The molecule has 1 nitrogen and oxygen atoms in total. The van der Waals surface area contributed by atoms with E-state index < -0.39 is 0 Å². The summed E-state index contributed by atoms with van der Waals surface area (Å²) in [5.41, 5.74) is 0. The molecule has 1 heterocycles. The van der Waals surface area contributed by atoms with Crippen LogP contribution in [0.2, 0.25) is 0 Å². The third kappa shape index (κ3) is 3.86. The standard InChI is InChI=1S/C11H21ClO/c1-3-11(12)9(2)6-7-10-5-4-8-13-10/h9-11H,3-8H2,1-2H3. The molecule has 0 amide bonds. The Bertz CT molecular complexity index is 132. The van der Waals surface area contributed by atoms with Crippen molar-refractivity contribution >= 4 is 11.6 Å². The second-order valence-electron chi connectivity index (χ2n) is 4.11. The zero-order valence-corrected chi connectivity index (χ0v) is 9.52. The van der Waals surface area contributed by atoms with Crippen molar-refractivity contribution in [1.29, 1.82) is 0 Å². The van der Waals surface area contributed by atoms with Crippen LogP contribution < -0.4 is 0 Å². The maximum Gasteiger partial charge on any atom is 0.0576 e. The topological polar surface area (TPSA) is 9.23 Å². The molecule has 0 aromatic rings. The van der Waals surface area contributed by atoms with Crippen molar-refractivity contribution in [3.8, 4) is 0 Å². The maximum atomic E-state index is 6.16. The molecule has 1 aliphatic heterocycles. The number of alkyl halides is 1. The maximum absolute atomic E-state index is 6.16. The van der Waals surface area contributed by atoms with Gasteiger partial charge in [-0.15, -0.1) is 11.6 Å². The van der Waals surface area contributed by atoms with E-state index in [4.69, 9.17) is 16.3 Å². The number of hydrogen-bond donors (Lipinski definition) is 0. The molecule has 2 heteroatoms. The summed E-state index contributed by atoms with van der Waals surface area (Å²) in [5, 5.41) is 0.349. The molecule has 0 bridgehead atoms. The van der Waals surface area contributed by atoms with Gasteiger partial charge >= 0.3 is 0 Å². The van der Waals surface area contributed by atoms with Crippen molar-refractivity contribution in [2.24, 2.45) is 5.92 Å². The number of rotatable bonds is 5. The molecular weight excluding hydrogens is 184 g/mol. The van der Waals surface area contributed by atoms with E-state index in [-0.39, 0.29) is 0 Å². The Morgan fingerprint density at radius 3 is 2.85 bits per heavy atom. The summed E-state index contributed by atoms with van der Waals surface area (Å²) in [7, 11) is 0. The zero-order valence-electron chi connectivity index (χ0n) is 8.76. The molecule has 0 radical (unpaired) electrons. The third-order valence-electron chi connectivity index (χ3n) is 2.98. The summed E-state index contributed by atoms with van der Waals surface area (Å²) in [6.07, 6.45) is 6.52. The van der Waals surface area contributed by atoms with Crippen molar-refractivity contribution in [2.45, 2.75) is 57.4 Å². The fourth-order valence-electron chi connectivity index (χ4n) is 1.90. The van der Waals surface area contributed by atoms with Crippen molar-refractivity contribution < 1.29 is 4.74 Å². The first-order valence-corrected chi connectivity index (χ1v) is 5.93. The molecule has 3 atom stereocenters. The van der Waals surface area contributed by atoms with Crippen LogP contribution in [0, 0.1) is 5.92 Å². The van der Waals surface area contributed by atoms with Gasteiger partial charge in [-0.1, -0.05) is 13.8 Å². The van der Waals surface area contributed by atoms with Gasteiger partial charge in [0.1, 0.15) is 0 Å². The summed E-state index contributed by atoms with van der Waals surface area (Å²) >= 11 is 6.16. The first kappa shape index (κ1) is 11.3. The van der Waals surface area contributed by atoms with E-state index >= 15 is 0 Å². The Hall–Kier alpha value is 0.250. The molecule has 0 spiro atoms. The molecular formula is C11H21ClO. The third-order valence-corrected chi connectivity index (χ3v) is 3.71. The van der Waals surface area contributed by atoms with Gasteiger partial charge in [0.2, 0.25) is 0 Å². The molecule has 13 heavy (non-hydrogen) atoms. The van der Waals surface area contributed by atoms with E-state index in [0.29, 0.717) is 17.4 Å². The number of hydrogen-bond acceptors (Lipinski definition) is 1. The zero-order chi connectivity index (χ0) is 9.68.